The van der Waals surface area contributed by atoms with E-state index >= 15 is 0 Å². The van der Waals surface area contributed by atoms with E-state index in [1.807, 2.05) is 18.2 Å². The van der Waals surface area contributed by atoms with Crippen LogP contribution in [0.5, 0.6) is 0 Å². The maximum absolute atomic E-state index is 4.91. The fraction of sp³-hybridized carbons (Fsp3) is 0.400. The number of tetrazole rings is 1. The number of aromatic amines is 1. The summed E-state index contributed by atoms with van der Waals surface area (Å²) in [6.45, 7) is 9.79. The molecular formula is C25H31N7. The Morgan fingerprint density at radius 3 is 2.38 bits per heavy atom. The quantitative estimate of drug-likeness (QED) is 0.391. The molecule has 4 rings (SSSR count). The van der Waals surface area contributed by atoms with Crippen molar-refractivity contribution in [1.82, 2.24) is 35.4 Å². The molecule has 0 amide bonds. The lowest BCUT2D eigenvalue weighted by molar-refractivity contribution is 0.472. The van der Waals surface area contributed by atoms with Gasteiger partial charge in [-0.25, -0.2) is 14.8 Å². The van der Waals surface area contributed by atoms with Crippen molar-refractivity contribution in [2.24, 2.45) is 5.92 Å². The third-order valence-electron chi connectivity index (χ3n) is 5.89. The highest BCUT2D eigenvalue weighted by molar-refractivity contribution is 5.80. The molecule has 0 fully saturated rings. The molecule has 2 aromatic carbocycles. The van der Waals surface area contributed by atoms with Crippen LogP contribution in [0.15, 0.2) is 48.5 Å². The molecule has 0 aliphatic heterocycles. The van der Waals surface area contributed by atoms with E-state index < -0.39 is 0 Å². The van der Waals surface area contributed by atoms with Crippen molar-refractivity contribution in [3.05, 3.63) is 65.7 Å². The highest BCUT2D eigenvalue weighted by Gasteiger charge is 2.16. The monoisotopic (exact) mass is 429 g/mol. The molecule has 1 atom stereocenters. The van der Waals surface area contributed by atoms with Crippen molar-refractivity contribution in [2.45, 2.75) is 59.4 Å². The number of aromatic nitrogens is 7. The number of nitrogens with zero attached hydrogens (tertiary/aromatic N) is 6. The molecule has 0 radical (unpaired) electrons. The van der Waals surface area contributed by atoms with Crippen molar-refractivity contribution in [3.8, 4) is 22.5 Å². The van der Waals surface area contributed by atoms with Gasteiger partial charge in [0.1, 0.15) is 5.82 Å². The van der Waals surface area contributed by atoms with Gasteiger partial charge in [-0.1, -0.05) is 76.2 Å². The molecule has 32 heavy (non-hydrogen) atoms. The van der Waals surface area contributed by atoms with Crippen LogP contribution in [0.25, 0.3) is 22.5 Å². The summed E-state index contributed by atoms with van der Waals surface area (Å²) in [6, 6.07) is 16.8. The van der Waals surface area contributed by atoms with Crippen molar-refractivity contribution in [2.75, 3.05) is 0 Å². The van der Waals surface area contributed by atoms with Gasteiger partial charge >= 0.3 is 0 Å². The van der Waals surface area contributed by atoms with Crippen LogP contribution in [0.3, 0.4) is 0 Å². The van der Waals surface area contributed by atoms with Gasteiger partial charge in [0.15, 0.2) is 11.6 Å². The van der Waals surface area contributed by atoms with E-state index in [4.69, 9.17) is 10.1 Å². The van der Waals surface area contributed by atoms with Gasteiger partial charge in [-0.15, -0.1) is 5.10 Å². The second kappa shape index (κ2) is 9.85. The number of benzene rings is 2. The van der Waals surface area contributed by atoms with E-state index in [2.05, 4.69) is 83.3 Å². The highest BCUT2D eigenvalue weighted by Crippen LogP contribution is 2.30. The molecule has 7 heteroatoms. The first-order valence-electron chi connectivity index (χ1n) is 11.4. The normalized spacial score (nSPS) is 12.4. The Bertz CT molecular complexity index is 1130. The van der Waals surface area contributed by atoms with Gasteiger partial charge in [0.05, 0.1) is 0 Å². The smallest absolute Gasteiger partial charge is 0.180 e. The minimum atomic E-state index is 0.374. The van der Waals surface area contributed by atoms with Crippen molar-refractivity contribution in [3.63, 3.8) is 0 Å². The van der Waals surface area contributed by atoms with E-state index in [-0.39, 0.29) is 0 Å². The van der Waals surface area contributed by atoms with Crippen molar-refractivity contribution >= 4 is 0 Å². The lowest BCUT2D eigenvalue weighted by Crippen LogP contribution is -2.08. The molecule has 0 spiro atoms. The lowest BCUT2D eigenvalue weighted by atomic mass is 9.98. The predicted molar refractivity (Wildman–Crippen MR) is 126 cm³/mol. The molecule has 0 bridgehead atoms. The number of H-pyrrole nitrogens is 1. The molecule has 2 heterocycles. The van der Waals surface area contributed by atoms with Gasteiger partial charge in [0.2, 0.25) is 0 Å². The zero-order valence-electron chi connectivity index (χ0n) is 19.3. The lowest BCUT2D eigenvalue weighted by Gasteiger charge is -2.10. The van der Waals surface area contributed by atoms with Gasteiger partial charge in [-0.05, 0) is 45.9 Å². The highest BCUT2D eigenvalue weighted by atomic mass is 15.5. The zero-order valence-corrected chi connectivity index (χ0v) is 19.3. The van der Waals surface area contributed by atoms with Crippen LogP contribution in [0.4, 0.5) is 0 Å². The Morgan fingerprint density at radius 2 is 1.72 bits per heavy atom. The molecule has 2 aromatic heterocycles. The molecule has 7 nitrogen and oxygen atoms in total. The van der Waals surface area contributed by atoms with Crippen LogP contribution >= 0.6 is 0 Å². The van der Waals surface area contributed by atoms with Crippen molar-refractivity contribution in [1.29, 1.82) is 0 Å². The largest absolute Gasteiger partial charge is 0.249 e. The topological polar surface area (TPSA) is 85.2 Å². The molecule has 1 N–H and O–H groups in total. The van der Waals surface area contributed by atoms with Crippen LogP contribution in [-0.4, -0.2) is 35.4 Å². The summed E-state index contributed by atoms with van der Waals surface area (Å²) >= 11 is 0. The van der Waals surface area contributed by atoms with E-state index in [9.17, 15) is 0 Å². The van der Waals surface area contributed by atoms with Crippen molar-refractivity contribution < 1.29 is 0 Å². The first-order chi connectivity index (χ1) is 15.5. The summed E-state index contributed by atoms with van der Waals surface area (Å²) < 4.78 is 2.11. The molecule has 0 saturated carbocycles. The Kier molecular flexibility index (Phi) is 6.73. The van der Waals surface area contributed by atoms with E-state index in [1.165, 1.54) is 5.56 Å². The molecule has 4 aromatic rings. The van der Waals surface area contributed by atoms with Crippen LogP contribution in [0.2, 0.25) is 0 Å². The summed E-state index contributed by atoms with van der Waals surface area (Å²) in [7, 11) is 0. The number of hydrogen-bond acceptors (Lipinski definition) is 5. The summed E-state index contributed by atoms with van der Waals surface area (Å²) in [5.41, 5.74) is 4.43. The third-order valence-corrected chi connectivity index (χ3v) is 5.89. The Labute approximate surface area is 189 Å². The van der Waals surface area contributed by atoms with Crippen LogP contribution < -0.4 is 0 Å². The molecule has 0 aliphatic carbocycles. The van der Waals surface area contributed by atoms with Gasteiger partial charge in [0, 0.05) is 24.4 Å². The third kappa shape index (κ3) is 4.93. The Balaban J connectivity index is 1.58. The first kappa shape index (κ1) is 21.9. The second-order valence-corrected chi connectivity index (χ2v) is 8.77. The second-order valence-electron chi connectivity index (χ2n) is 8.77. The number of rotatable bonds is 9. The Morgan fingerprint density at radius 1 is 0.969 bits per heavy atom. The average Bonchev–Trinajstić information content (AvgIpc) is 3.48. The Hall–Kier alpha value is -3.35. The maximum atomic E-state index is 4.91. The van der Waals surface area contributed by atoms with E-state index in [1.54, 1.807) is 0 Å². The number of nitrogens with one attached hydrogen (secondary N) is 1. The SMILES string of the molecule is CCC(C)c1nc(Cc2ccc(-c3ccccc3-c3nnn[nH]3)cc2)n(CCC(C)C)n1. The van der Waals surface area contributed by atoms with E-state index in [0.717, 1.165) is 54.1 Å². The van der Waals surface area contributed by atoms with Gasteiger partial charge in [-0.3, -0.25) is 0 Å². The molecular weight excluding hydrogens is 398 g/mol. The van der Waals surface area contributed by atoms with Gasteiger partial charge in [0.25, 0.3) is 0 Å². The standard InChI is InChI=1S/C25H31N7/c1-5-18(4)24-26-23(32(29-24)15-14-17(2)3)16-19-10-12-20(13-11-19)21-8-6-7-9-22(21)25-27-30-31-28-25/h6-13,17-18H,5,14-16H2,1-4H3,(H,27,28,30,31). The van der Waals surface area contributed by atoms with Crippen LogP contribution in [-0.2, 0) is 13.0 Å². The van der Waals surface area contributed by atoms with E-state index in [0.29, 0.717) is 17.7 Å². The maximum Gasteiger partial charge on any atom is 0.180 e. The zero-order chi connectivity index (χ0) is 22.5. The molecule has 0 saturated heterocycles. The fourth-order valence-corrected chi connectivity index (χ4v) is 3.67. The molecule has 166 valence electrons. The minimum Gasteiger partial charge on any atom is -0.249 e. The first-order valence-corrected chi connectivity index (χ1v) is 11.4. The predicted octanol–water partition coefficient (Wildman–Crippen LogP) is 5.28. The fourth-order valence-electron chi connectivity index (χ4n) is 3.67. The molecule has 0 aliphatic rings. The number of hydrogen-bond donors (Lipinski definition) is 1. The summed E-state index contributed by atoms with van der Waals surface area (Å²) in [5.74, 6) is 3.68. The minimum absolute atomic E-state index is 0.374. The van der Waals surface area contributed by atoms with Crippen LogP contribution in [0.1, 0.15) is 63.7 Å². The summed E-state index contributed by atoms with van der Waals surface area (Å²) in [6.07, 6.45) is 2.92. The number of aryl methyl sites for hydroxylation is 1. The van der Waals surface area contributed by atoms with Gasteiger partial charge < -0.3 is 0 Å². The summed E-state index contributed by atoms with van der Waals surface area (Å²) in [5, 5.41) is 19.2. The van der Waals surface area contributed by atoms with Gasteiger partial charge in [-0.2, -0.15) is 5.10 Å². The van der Waals surface area contributed by atoms with Crippen LogP contribution in [0, 0.1) is 5.92 Å². The summed E-state index contributed by atoms with van der Waals surface area (Å²) in [4.78, 5) is 4.91. The average molecular weight is 430 g/mol. The molecule has 1 unspecified atom stereocenters.